The van der Waals surface area contributed by atoms with E-state index in [4.69, 9.17) is 4.74 Å². The van der Waals surface area contributed by atoms with Crippen LogP contribution < -0.4 is 14.8 Å². The second-order valence-corrected chi connectivity index (χ2v) is 9.41. The van der Waals surface area contributed by atoms with Crippen molar-refractivity contribution in [2.75, 3.05) is 30.0 Å². The van der Waals surface area contributed by atoms with Crippen LogP contribution in [0.1, 0.15) is 44.5 Å². The number of hydrogen-bond donors (Lipinski definition) is 3. The molecule has 0 saturated heterocycles. The monoisotopic (exact) mass is 438 g/mol. The first-order chi connectivity index (χ1) is 14.1. The lowest BCUT2D eigenvalue weighted by Crippen LogP contribution is -2.27. The molecule has 2 heterocycles. The molecule has 0 aliphatic heterocycles. The normalized spacial score (nSPS) is 13.7. The molecule has 11 heteroatoms. The number of nitrogens with one attached hydrogen (secondary N) is 2. The Labute approximate surface area is 177 Å². The fourth-order valence-electron chi connectivity index (χ4n) is 2.91. The Morgan fingerprint density at radius 2 is 1.83 bits per heavy atom. The Balaban J connectivity index is 2.28. The molecule has 0 saturated carbocycles. The summed E-state index contributed by atoms with van der Waals surface area (Å²) in [7, 11) is -2.00. The van der Waals surface area contributed by atoms with Crippen LogP contribution in [0.15, 0.2) is 18.3 Å². The largest absolute Gasteiger partial charge is 0.481 e. The first-order valence-electron chi connectivity index (χ1n) is 9.69. The van der Waals surface area contributed by atoms with Crippen molar-refractivity contribution in [2.24, 2.45) is 5.92 Å². The van der Waals surface area contributed by atoms with Gasteiger partial charge in [-0.3, -0.25) is 4.72 Å². The Bertz CT molecular complexity index is 921. The lowest BCUT2D eigenvalue weighted by Gasteiger charge is -2.19. The summed E-state index contributed by atoms with van der Waals surface area (Å²) in [5, 5.41) is 12.7. The molecule has 30 heavy (non-hydrogen) atoms. The third-order valence-corrected chi connectivity index (χ3v) is 4.85. The van der Waals surface area contributed by atoms with E-state index in [1.54, 1.807) is 19.4 Å². The van der Waals surface area contributed by atoms with Crippen LogP contribution in [0, 0.1) is 5.92 Å². The first-order valence-corrected chi connectivity index (χ1v) is 11.6. The molecule has 2 aromatic heterocycles. The van der Waals surface area contributed by atoms with Crippen molar-refractivity contribution in [2.45, 2.75) is 45.6 Å². The van der Waals surface area contributed by atoms with E-state index in [-0.39, 0.29) is 30.5 Å². The zero-order valence-electron chi connectivity index (χ0n) is 18.0. The lowest BCUT2D eigenvalue weighted by atomic mass is 9.99. The Morgan fingerprint density at radius 1 is 1.13 bits per heavy atom. The average Bonchev–Trinajstić information content (AvgIpc) is 2.65. The molecule has 3 N–H and O–H groups in total. The second-order valence-electron chi connectivity index (χ2n) is 7.67. The summed E-state index contributed by atoms with van der Waals surface area (Å²) in [4.78, 5) is 17.1. The summed E-state index contributed by atoms with van der Waals surface area (Å²) in [6.07, 6.45) is 3.91. The number of pyridine rings is 1. The van der Waals surface area contributed by atoms with E-state index in [0.717, 1.165) is 11.8 Å². The standard InChI is InChI=1S/C19H30N6O4S/c1-12(2)8-15(11-26)21-18-22-16(23-19(24-18)25-30(5,27)28)9-13(3)14-6-7-17(29-4)20-10-14/h6-7,10,12-13,15,26H,8-9,11H2,1-5H3,(H2,21,22,23,24,25)/t13-,15-/m1/s1. The number of hydrogen-bond acceptors (Lipinski definition) is 9. The summed E-state index contributed by atoms with van der Waals surface area (Å²) in [5.41, 5.74) is 0.969. The van der Waals surface area contributed by atoms with Crippen LogP contribution in [0.2, 0.25) is 0 Å². The van der Waals surface area contributed by atoms with Gasteiger partial charge in [0.1, 0.15) is 5.82 Å². The number of rotatable bonds is 11. The molecule has 2 rings (SSSR count). The number of aromatic nitrogens is 4. The minimum atomic E-state index is -3.56. The number of ether oxygens (including phenoxy) is 1. The number of nitrogens with zero attached hydrogens (tertiary/aromatic N) is 4. The quantitative estimate of drug-likeness (QED) is 0.479. The summed E-state index contributed by atoms with van der Waals surface area (Å²) < 4.78 is 30.7. The average molecular weight is 439 g/mol. The molecule has 0 radical (unpaired) electrons. The third-order valence-electron chi connectivity index (χ3n) is 4.29. The van der Waals surface area contributed by atoms with Crippen molar-refractivity contribution in [1.82, 2.24) is 19.9 Å². The number of anilines is 2. The minimum Gasteiger partial charge on any atom is -0.481 e. The Morgan fingerprint density at radius 3 is 2.37 bits per heavy atom. The van der Waals surface area contributed by atoms with Crippen molar-refractivity contribution in [1.29, 1.82) is 0 Å². The predicted octanol–water partition coefficient (Wildman–Crippen LogP) is 1.81. The SMILES string of the molecule is COc1ccc([C@H](C)Cc2nc(N[C@@H](CO)CC(C)C)nc(NS(C)(=O)=O)n2)cn1. The predicted molar refractivity (Wildman–Crippen MR) is 115 cm³/mol. The van der Waals surface area contributed by atoms with Crippen molar-refractivity contribution in [3.8, 4) is 5.88 Å². The molecule has 0 unspecified atom stereocenters. The van der Waals surface area contributed by atoms with Gasteiger partial charge in [-0.25, -0.2) is 13.4 Å². The molecule has 2 atom stereocenters. The smallest absolute Gasteiger partial charge is 0.241 e. The fraction of sp³-hybridized carbons (Fsp3) is 0.579. The van der Waals surface area contributed by atoms with Gasteiger partial charge in [0.25, 0.3) is 0 Å². The molecule has 0 bridgehead atoms. The fourth-order valence-corrected chi connectivity index (χ4v) is 3.34. The van der Waals surface area contributed by atoms with Gasteiger partial charge < -0.3 is 15.2 Å². The highest BCUT2D eigenvalue weighted by atomic mass is 32.2. The van der Waals surface area contributed by atoms with Crippen LogP contribution in [0.25, 0.3) is 0 Å². The molecule has 0 aliphatic rings. The van der Waals surface area contributed by atoms with Crippen LogP contribution in [0.4, 0.5) is 11.9 Å². The minimum absolute atomic E-state index is 0.0223. The summed E-state index contributed by atoms with van der Waals surface area (Å²) >= 11 is 0. The van der Waals surface area contributed by atoms with E-state index >= 15 is 0 Å². The molecule has 0 amide bonds. The van der Waals surface area contributed by atoms with E-state index in [2.05, 4.69) is 30.0 Å². The van der Waals surface area contributed by atoms with Crippen LogP contribution in [-0.2, 0) is 16.4 Å². The van der Waals surface area contributed by atoms with Gasteiger partial charge in [0, 0.05) is 18.7 Å². The van der Waals surface area contributed by atoms with E-state index in [1.165, 1.54) is 0 Å². The zero-order valence-corrected chi connectivity index (χ0v) is 18.8. The van der Waals surface area contributed by atoms with Gasteiger partial charge in [0.2, 0.25) is 27.8 Å². The van der Waals surface area contributed by atoms with Crippen LogP contribution >= 0.6 is 0 Å². The van der Waals surface area contributed by atoms with Gasteiger partial charge in [-0.15, -0.1) is 0 Å². The maximum absolute atomic E-state index is 11.7. The van der Waals surface area contributed by atoms with Gasteiger partial charge in [-0.1, -0.05) is 26.8 Å². The lowest BCUT2D eigenvalue weighted by molar-refractivity contribution is 0.259. The summed E-state index contributed by atoms with van der Waals surface area (Å²) in [6, 6.07) is 3.44. The van der Waals surface area contributed by atoms with Crippen LogP contribution in [0.5, 0.6) is 5.88 Å². The van der Waals surface area contributed by atoms with E-state index in [0.29, 0.717) is 30.5 Å². The molecule has 166 valence electrons. The highest BCUT2D eigenvalue weighted by molar-refractivity contribution is 7.91. The van der Waals surface area contributed by atoms with E-state index in [1.807, 2.05) is 26.8 Å². The molecular weight excluding hydrogens is 408 g/mol. The van der Waals surface area contributed by atoms with Gasteiger partial charge in [0.15, 0.2) is 0 Å². The second kappa shape index (κ2) is 10.5. The van der Waals surface area contributed by atoms with Crippen molar-refractivity contribution >= 4 is 21.9 Å². The Kier molecular flexibility index (Phi) is 8.30. The van der Waals surface area contributed by atoms with Gasteiger partial charge >= 0.3 is 0 Å². The number of sulfonamides is 1. The zero-order chi connectivity index (χ0) is 22.3. The summed E-state index contributed by atoms with van der Waals surface area (Å²) in [5.74, 6) is 1.47. The molecule has 10 nitrogen and oxygen atoms in total. The van der Waals surface area contributed by atoms with Crippen molar-refractivity contribution < 1.29 is 18.3 Å². The number of methoxy groups -OCH3 is 1. The summed E-state index contributed by atoms with van der Waals surface area (Å²) in [6.45, 7) is 6.00. The van der Waals surface area contributed by atoms with Crippen LogP contribution in [0.3, 0.4) is 0 Å². The molecule has 0 fully saturated rings. The highest BCUT2D eigenvalue weighted by Crippen LogP contribution is 2.21. The molecular formula is C19H30N6O4S. The maximum Gasteiger partial charge on any atom is 0.241 e. The number of aliphatic hydroxyl groups excluding tert-OH is 1. The van der Waals surface area contributed by atoms with Gasteiger partial charge in [-0.05, 0) is 23.8 Å². The topological polar surface area (TPSA) is 139 Å². The van der Waals surface area contributed by atoms with Crippen LogP contribution in [-0.4, -0.2) is 59.5 Å². The molecule has 2 aromatic rings. The highest BCUT2D eigenvalue weighted by Gasteiger charge is 2.17. The van der Waals surface area contributed by atoms with E-state index in [9.17, 15) is 13.5 Å². The van der Waals surface area contributed by atoms with Crippen molar-refractivity contribution in [3.05, 3.63) is 29.7 Å². The Hall–Kier alpha value is -2.53. The molecule has 0 aromatic carbocycles. The molecule has 0 spiro atoms. The van der Waals surface area contributed by atoms with Gasteiger partial charge in [0.05, 0.1) is 26.0 Å². The maximum atomic E-state index is 11.7. The van der Waals surface area contributed by atoms with E-state index < -0.39 is 10.0 Å². The van der Waals surface area contributed by atoms with Gasteiger partial charge in [-0.2, -0.15) is 15.0 Å². The van der Waals surface area contributed by atoms with Crippen molar-refractivity contribution in [3.63, 3.8) is 0 Å². The first kappa shape index (κ1) is 23.7. The third kappa shape index (κ3) is 7.71. The number of aliphatic hydroxyl groups is 1. The molecule has 0 aliphatic carbocycles.